The second-order valence-corrected chi connectivity index (χ2v) is 7.13. The van der Waals surface area contributed by atoms with Crippen molar-refractivity contribution in [1.82, 2.24) is 9.97 Å². The molecule has 0 amide bonds. The minimum atomic E-state index is 0.873. The van der Waals surface area contributed by atoms with Crippen molar-refractivity contribution < 1.29 is 0 Å². The number of aromatic nitrogens is 2. The van der Waals surface area contributed by atoms with E-state index in [4.69, 9.17) is 9.97 Å². The van der Waals surface area contributed by atoms with Gasteiger partial charge in [0.1, 0.15) is 0 Å². The first-order valence-electron chi connectivity index (χ1n) is 10.0. The number of rotatable bonds is 4. The van der Waals surface area contributed by atoms with Gasteiger partial charge >= 0.3 is 0 Å². The summed E-state index contributed by atoms with van der Waals surface area (Å²) in [5.41, 5.74) is 8.23. The van der Waals surface area contributed by atoms with Crippen LogP contribution in [0.4, 0.5) is 0 Å². The van der Waals surface area contributed by atoms with E-state index in [-0.39, 0.29) is 0 Å². The minimum absolute atomic E-state index is 0.873. The van der Waals surface area contributed by atoms with Crippen LogP contribution in [0.15, 0.2) is 121 Å². The molecule has 1 aromatic heterocycles. The van der Waals surface area contributed by atoms with Gasteiger partial charge in [-0.15, -0.1) is 0 Å². The van der Waals surface area contributed by atoms with E-state index in [1.165, 1.54) is 11.1 Å². The molecule has 2 heteroatoms. The van der Waals surface area contributed by atoms with Crippen LogP contribution in [0.25, 0.3) is 44.9 Å². The molecule has 142 valence electrons. The molecular weight excluding hydrogens is 364 g/mol. The summed E-state index contributed by atoms with van der Waals surface area (Å²) < 4.78 is 0. The molecule has 30 heavy (non-hydrogen) atoms. The average Bonchev–Trinajstić information content (AvgIpc) is 2.85. The van der Waals surface area contributed by atoms with Gasteiger partial charge in [0.2, 0.25) is 0 Å². The fourth-order valence-corrected chi connectivity index (χ4v) is 3.60. The van der Waals surface area contributed by atoms with E-state index >= 15 is 0 Å². The summed E-state index contributed by atoms with van der Waals surface area (Å²) >= 11 is 0. The lowest BCUT2D eigenvalue weighted by Gasteiger charge is -2.12. The van der Waals surface area contributed by atoms with Crippen LogP contribution in [0.1, 0.15) is 0 Å². The van der Waals surface area contributed by atoms with E-state index in [1.54, 1.807) is 0 Å². The molecule has 0 bridgehead atoms. The Morgan fingerprint density at radius 3 is 1.40 bits per heavy atom. The van der Waals surface area contributed by atoms with Crippen LogP contribution in [0.2, 0.25) is 0 Å². The van der Waals surface area contributed by atoms with Gasteiger partial charge in [0.05, 0.1) is 23.3 Å². The number of nitrogens with zero attached hydrogens (tertiary/aromatic N) is 2. The van der Waals surface area contributed by atoms with Crippen molar-refractivity contribution in [2.75, 3.05) is 0 Å². The van der Waals surface area contributed by atoms with Gasteiger partial charge in [0, 0.05) is 16.7 Å². The summed E-state index contributed by atoms with van der Waals surface area (Å²) in [6, 6.07) is 39.4. The van der Waals surface area contributed by atoms with Gasteiger partial charge in [-0.25, -0.2) is 4.98 Å². The number of hydrogen-bond acceptors (Lipinski definition) is 2. The third kappa shape index (κ3) is 3.63. The second-order valence-electron chi connectivity index (χ2n) is 7.13. The summed E-state index contributed by atoms with van der Waals surface area (Å²) in [6.45, 7) is 0. The molecule has 0 fully saturated rings. The van der Waals surface area contributed by atoms with Crippen LogP contribution in [0, 0.1) is 0 Å². The second kappa shape index (κ2) is 8.14. The first-order valence-corrected chi connectivity index (χ1v) is 10.0. The van der Waals surface area contributed by atoms with Gasteiger partial charge in [0.15, 0.2) is 0 Å². The molecule has 4 aromatic carbocycles. The molecule has 0 aliphatic carbocycles. The average molecular weight is 384 g/mol. The topological polar surface area (TPSA) is 25.8 Å². The van der Waals surface area contributed by atoms with E-state index in [0.717, 1.165) is 33.8 Å². The summed E-state index contributed by atoms with van der Waals surface area (Å²) in [6.07, 6.45) is 1.86. The smallest absolute Gasteiger partial charge is 0.0972 e. The van der Waals surface area contributed by atoms with Crippen molar-refractivity contribution in [2.45, 2.75) is 0 Å². The highest BCUT2D eigenvalue weighted by molar-refractivity contribution is 5.80. The van der Waals surface area contributed by atoms with Crippen molar-refractivity contribution in [1.29, 1.82) is 0 Å². The van der Waals surface area contributed by atoms with Gasteiger partial charge < -0.3 is 0 Å². The third-order valence-electron chi connectivity index (χ3n) is 5.15. The summed E-state index contributed by atoms with van der Waals surface area (Å²) in [5.74, 6) is 0. The predicted molar refractivity (Wildman–Crippen MR) is 124 cm³/mol. The highest BCUT2D eigenvalue weighted by atomic mass is 14.8. The fraction of sp³-hybridized carbons (Fsp3) is 0. The van der Waals surface area contributed by atoms with Gasteiger partial charge in [-0.2, -0.15) is 0 Å². The van der Waals surface area contributed by atoms with Crippen molar-refractivity contribution in [3.05, 3.63) is 121 Å². The minimum Gasteiger partial charge on any atom is -0.252 e. The van der Waals surface area contributed by atoms with Crippen LogP contribution in [0.5, 0.6) is 0 Å². The molecule has 0 aliphatic rings. The molecule has 0 atom stereocenters. The first kappa shape index (κ1) is 18.0. The maximum absolute atomic E-state index is 5.03. The van der Waals surface area contributed by atoms with Crippen LogP contribution in [0.3, 0.4) is 0 Å². The molecular formula is C28H20N2. The molecule has 2 nitrogen and oxygen atoms in total. The number of benzene rings is 4. The van der Waals surface area contributed by atoms with Gasteiger partial charge in [-0.1, -0.05) is 115 Å². The molecule has 0 N–H and O–H groups in total. The normalized spacial score (nSPS) is 10.7. The first-order chi connectivity index (χ1) is 14.9. The Hall–Kier alpha value is -4.04. The van der Waals surface area contributed by atoms with E-state index in [9.17, 15) is 0 Å². The molecule has 0 radical (unpaired) electrons. The Labute approximate surface area is 176 Å². The third-order valence-corrected chi connectivity index (χ3v) is 5.15. The summed E-state index contributed by atoms with van der Waals surface area (Å²) in [5, 5.41) is 0. The highest BCUT2D eigenvalue weighted by Gasteiger charge is 2.13. The molecule has 0 spiro atoms. The van der Waals surface area contributed by atoms with E-state index in [1.807, 2.05) is 48.7 Å². The van der Waals surface area contributed by atoms with Crippen LogP contribution < -0.4 is 0 Å². The lowest BCUT2D eigenvalue weighted by molar-refractivity contribution is 1.21. The van der Waals surface area contributed by atoms with Crippen LogP contribution >= 0.6 is 0 Å². The summed E-state index contributed by atoms with van der Waals surface area (Å²) in [4.78, 5) is 9.85. The monoisotopic (exact) mass is 384 g/mol. The Kier molecular flexibility index (Phi) is 4.89. The zero-order valence-electron chi connectivity index (χ0n) is 16.4. The van der Waals surface area contributed by atoms with Crippen molar-refractivity contribution in [3.8, 4) is 44.9 Å². The van der Waals surface area contributed by atoms with Crippen LogP contribution in [-0.4, -0.2) is 9.97 Å². The maximum Gasteiger partial charge on any atom is 0.0972 e. The predicted octanol–water partition coefficient (Wildman–Crippen LogP) is 7.14. The lowest BCUT2D eigenvalue weighted by Crippen LogP contribution is -1.96. The van der Waals surface area contributed by atoms with E-state index < -0.39 is 0 Å². The van der Waals surface area contributed by atoms with E-state index in [2.05, 4.69) is 72.8 Å². The van der Waals surface area contributed by atoms with Crippen LogP contribution in [-0.2, 0) is 0 Å². The molecule has 0 saturated heterocycles. The van der Waals surface area contributed by atoms with E-state index in [0.29, 0.717) is 0 Å². The molecule has 0 aliphatic heterocycles. The largest absolute Gasteiger partial charge is 0.252 e. The Balaban J connectivity index is 1.63. The highest BCUT2D eigenvalue weighted by Crippen LogP contribution is 2.32. The Morgan fingerprint density at radius 1 is 0.367 bits per heavy atom. The van der Waals surface area contributed by atoms with Gasteiger partial charge in [0.25, 0.3) is 0 Å². The standard InChI is InChI=1S/C28H20N2/c1-4-10-21(11-5-1)22-16-18-25(19-17-22)28-27(24-14-8-3-9-15-24)29-20-26(30-28)23-12-6-2-7-13-23/h1-20H. The Morgan fingerprint density at radius 2 is 0.800 bits per heavy atom. The molecule has 0 unspecified atom stereocenters. The summed E-state index contributed by atoms with van der Waals surface area (Å²) in [7, 11) is 0. The van der Waals surface area contributed by atoms with Crippen molar-refractivity contribution >= 4 is 0 Å². The zero-order valence-corrected chi connectivity index (χ0v) is 16.4. The SMILES string of the molecule is c1ccc(-c2ccc(-c3nc(-c4ccccc4)cnc3-c3ccccc3)cc2)cc1. The van der Waals surface area contributed by atoms with Crippen molar-refractivity contribution in [3.63, 3.8) is 0 Å². The molecule has 5 aromatic rings. The quantitative estimate of drug-likeness (QED) is 0.329. The lowest BCUT2D eigenvalue weighted by atomic mass is 10.00. The fourth-order valence-electron chi connectivity index (χ4n) is 3.60. The van der Waals surface area contributed by atoms with Gasteiger partial charge in [-0.3, -0.25) is 4.98 Å². The maximum atomic E-state index is 5.03. The number of hydrogen-bond donors (Lipinski definition) is 0. The molecule has 1 heterocycles. The Bertz CT molecular complexity index is 1250. The van der Waals surface area contributed by atoms with Gasteiger partial charge in [-0.05, 0) is 11.1 Å². The zero-order chi connectivity index (χ0) is 20.2. The van der Waals surface area contributed by atoms with Crippen molar-refractivity contribution in [2.24, 2.45) is 0 Å². The molecule has 5 rings (SSSR count). The molecule has 0 saturated carbocycles.